The summed E-state index contributed by atoms with van der Waals surface area (Å²) in [7, 11) is 1.70. The molecule has 1 aromatic carbocycles. The van der Waals surface area contributed by atoms with Gasteiger partial charge in [-0.25, -0.2) is 0 Å². The molecule has 1 aromatic rings. The topological polar surface area (TPSA) is 50.7 Å². The van der Waals surface area contributed by atoms with Crippen molar-refractivity contribution < 1.29 is 14.6 Å². The van der Waals surface area contributed by atoms with Gasteiger partial charge in [0.15, 0.2) is 0 Å². The number of hydrogen-bond acceptors (Lipinski definition) is 4. The van der Waals surface area contributed by atoms with Crippen LogP contribution in [0, 0.1) is 0 Å². The first kappa shape index (κ1) is 15.3. The fraction of sp³-hybridized carbons (Fsp3) is 0.625. The van der Waals surface area contributed by atoms with Crippen LogP contribution in [-0.2, 0) is 11.3 Å². The highest BCUT2D eigenvalue weighted by Crippen LogP contribution is 2.30. The minimum absolute atomic E-state index is 0.401. The van der Waals surface area contributed by atoms with Crippen molar-refractivity contribution in [3.05, 3.63) is 29.8 Å². The number of ether oxygens (including phenoxy) is 2. The Morgan fingerprint density at radius 1 is 1.20 bits per heavy atom. The lowest BCUT2D eigenvalue weighted by atomic mass is 10.0. The van der Waals surface area contributed by atoms with E-state index >= 15 is 0 Å². The van der Waals surface area contributed by atoms with E-state index in [1.54, 1.807) is 7.11 Å². The molecule has 1 fully saturated rings. The van der Waals surface area contributed by atoms with Gasteiger partial charge in [0.25, 0.3) is 0 Å². The number of methoxy groups -OCH3 is 1. The molecule has 0 aromatic heterocycles. The summed E-state index contributed by atoms with van der Waals surface area (Å²) in [5.41, 5.74) is 0.605. The lowest BCUT2D eigenvalue weighted by Gasteiger charge is -2.22. The van der Waals surface area contributed by atoms with Crippen LogP contribution < -0.4 is 10.1 Å². The SMILES string of the molecule is COCCNCc1ccc(OCC2(O)CCCC2)cc1. The van der Waals surface area contributed by atoms with Crippen LogP contribution in [0.25, 0.3) is 0 Å². The molecule has 4 nitrogen and oxygen atoms in total. The van der Waals surface area contributed by atoms with Gasteiger partial charge in [-0.2, -0.15) is 0 Å². The average Bonchev–Trinajstić information content (AvgIpc) is 2.90. The Morgan fingerprint density at radius 3 is 2.55 bits per heavy atom. The second-order valence-electron chi connectivity index (χ2n) is 5.53. The van der Waals surface area contributed by atoms with E-state index in [-0.39, 0.29) is 0 Å². The smallest absolute Gasteiger partial charge is 0.119 e. The van der Waals surface area contributed by atoms with Crippen LogP contribution >= 0.6 is 0 Å². The number of hydrogen-bond donors (Lipinski definition) is 2. The van der Waals surface area contributed by atoms with Crippen molar-refractivity contribution in [1.82, 2.24) is 5.32 Å². The zero-order valence-electron chi connectivity index (χ0n) is 12.2. The highest BCUT2D eigenvalue weighted by Gasteiger charge is 2.31. The molecule has 1 aliphatic rings. The van der Waals surface area contributed by atoms with Gasteiger partial charge in [0.1, 0.15) is 12.4 Å². The first-order valence-corrected chi connectivity index (χ1v) is 7.36. The van der Waals surface area contributed by atoms with Gasteiger partial charge < -0.3 is 19.9 Å². The van der Waals surface area contributed by atoms with Gasteiger partial charge in [-0.15, -0.1) is 0 Å². The zero-order valence-corrected chi connectivity index (χ0v) is 12.2. The maximum Gasteiger partial charge on any atom is 0.119 e. The maximum atomic E-state index is 10.2. The molecule has 1 aliphatic carbocycles. The number of benzene rings is 1. The lowest BCUT2D eigenvalue weighted by Crippen LogP contribution is -2.32. The van der Waals surface area contributed by atoms with Gasteiger partial charge in [0.05, 0.1) is 12.2 Å². The number of nitrogens with one attached hydrogen (secondary N) is 1. The standard InChI is InChI=1S/C16H25NO3/c1-19-11-10-17-12-14-4-6-15(7-5-14)20-13-16(18)8-2-3-9-16/h4-7,17-18H,2-3,8-13H2,1H3. The Morgan fingerprint density at radius 2 is 1.90 bits per heavy atom. The molecule has 0 bridgehead atoms. The highest BCUT2D eigenvalue weighted by molar-refractivity contribution is 5.27. The molecule has 0 saturated heterocycles. The van der Waals surface area contributed by atoms with Crippen molar-refractivity contribution in [2.45, 2.75) is 37.8 Å². The van der Waals surface area contributed by atoms with Gasteiger partial charge in [0.2, 0.25) is 0 Å². The Bertz CT molecular complexity index is 385. The van der Waals surface area contributed by atoms with E-state index in [1.807, 2.05) is 24.3 Å². The van der Waals surface area contributed by atoms with Gasteiger partial charge in [-0.05, 0) is 30.5 Å². The summed E-state index contributed by atoms with van der Waals surface area (Å²) in [5.74, 6) is 0.825. The van der Waals surface area contributed by atoms with Crippen molar-refractivity contribution >= 4 is 0 Å². The summed E-state index contributed by atoms with van der Waals surface area (Å²) in [6, 6.07) is 8.03. The summed E-state index contributed by atoms with van der Waals surface area (Å²) in [6.45, 7) is 2.80. The monoisotopic (exact) mass is 279 g/mol. The van der Waals surface area contributed by atoms with Crippen molar-refractivity contribution in [3.8, 4) is 5.75 Å². The molecule has 0 amide bonds. The molecule has 2 N–H and O–H groups in total. The minimum atomic E-state index is -0.611. The molecular formula is C16H25NO3. The van der Waals surface area contributed by atoms with Crippen molar-refractivity contribution in [2.75, 3.05) is 26.9 Å². The molecule has 0 heterocycles. The lowest BCUT2D eigenvalue weighted by molar-refractivity contribution is 0.00140. The molecule has 2 rings (SSSR count). The molecule has 1 saturated carbocycles. The second kappa shape index (κ2) is 7.62. The van der Waals surface area contributed by atoms with Crippen molar-refractivity contribution in [2.24, 2.45) is 0 Å². The van der Waals surface area contributed by atoms with Gasteiger partial charge in [-0.1, -0.05) is 25.0 Å². The Balaban J connectivity index is 1.73. The largest absolute Gasteiger partial charge is 0.491 e. The van der Waals surface area contributed by atoms with Crippen LogP contribution in [0.1, 0.15) is 31.2 Å². The van der Waals surface area contributed by atoms with E-state index in [1.165, 1.54) is 5.56 Å². The van der Waals surface area contributed by atoms with Gasteiger partial charge in [-0.3, -0.25) is 0 Å². The van der Waals surface area contributed by atoms with E-state index in [4.69, 9.17) is 9.47 Å². The van der Waals surface area contributed by atoms with E-state index in [2.05, 4.69) is 5.32 Å². The summed E-state index contributed by atoms with van der Waals surface area (Å²) >= 11 is 0. The van der Waals surface area contributed by atoms with Crippen LogP contribution in [0.5, 0.6) is 5.75 Å². The van der Waals surface area contributed by atoms with Crippen LogP contribution in [0.15, 0.2) is 24.3 Å². The van der Waals surface area contributed by atoms with E-state index < -0.39 is 5.60 Å². The van der Waals surface area contributed by atoms with Crippen LogP contribution in [-0.4, -0.2) is 37.6 Å². The Labute approximate surface area is 121 Å². The molecule has 0 unspecified atom stereocenters. The van der Waals surface area contributed by atoms with Crippen molar-refractivity contribution in [1.29, 1.82) is 0 Å². The Hall–Kier alpha value is -1.10. The minimum Gasteiger partial charge on any atom is -0.491 e. The first-order valence-electron chi connectivity index (χ1n) is 7.36. The van der Waals surface area contributed by atoms with E-state index in [0.29, 0.717) is 6.61 Å². The third kappa shape index (κ3) is 4.78. The second-order valence-corrected chi connectivity index (χ2v) is 5.53. The Kier molecular flexibility index (Phi) is 5.83. The summed E-state index contributed by atoms with van der Waals surface area (Å²) in [4.78, 5) is 0. The average molecular weight is 279 g/mol. The van der Waals surface area contributed by atoms with Gasteiger partial charge in [0, 0.05) is 20.2 Å². The van der Waals surface area contributed by atoms with E-state index in [9.17, 15) is 5.11 Å². The number of aliphatic hydroxyl groups is 1. The van der Waals surface area contributed by atoms with Crippen LogP contribution in [0.2, 0.25) is 0 Å². The van der Waals surface area contributed by atoms with E-state index in [0.717, 1.165) is 51.1 Å². The molecule has 0 aliphatic heterocycles. The molecule has 4 heteroatoms. The third-order valence-corrected chi connectivity index (χ3v) is 3.78. The van der Waals surface area contributed by atoms with Crippen LogP contribution in [0.4, 0.5) is 0 Å². The predicted octanol–water partition coefficient (Wildman–Crippen LogP) is 2.11. The maximum absolute atomic E-state index is 10.2. The van der Waals surface area contributed by atoms with Crippen LogP contribution in [0.3, 0.4) is 0 Å². The fourth-order valence-electron chi connectivity index (χ4n) is 2.51. The summed E-state index contributed by atoms with van der Waals surface area (Å²) < 4.78 is 10.7. The summed E-state index contributed by atoms with van der Waals surface area (Å²) in [6.07, 6.45) is 3.92. The molecular weight excluding hydrogens is 254 g/mol. The zero-order chi connectivity index (χ0) is 14.3. The normalized spacial score (nSPS) is 17.3. The quantitative estimate of drug-likeness (QED) is 0.716. The fourth-order valence-corrected chi connectivity index (χ4v) is 2.51. The van der Waals surface area contributed by atoms with Crippen molar-refractivity contribution in [3.63, 3.8) is 0 Å². The van der Waals surface area contributed by atoms with Gasteiger partial charge >= 0.3 is 0 Å². The predicted molar refractivity (Wildman–Crippen MR) is 78.9 cm³/mol. The molecule has 0 atom stereocenters. The third-order valence-electron chi connectivity index (χ3n) is 3.78. The molecule has 0 spiro atoms. The number of rotatable bonds is 8. The molecule has 20 heavy (non-hydrogen) atoms. The molecule has 0 radical (unpaired) electrons. The highest BCUT2D eigenvalue weighted by atomic mass is 16.5. The summed E-state index contributed by atoms with van der Waals surface area (Å²) in [5, 5.41) is 13.5. The first-order chi connectivity index (χ1) is 9.72. The molecule has 112 valence electrons.